The van der Waals surface area contributed by atoms with Crippen molar-refractivity contribution in [1.82, 2.24) is 15.0 Å². The summed E-state index contributed by atoms with van der Waals surface area (Å²) in [6.07, 6.45) is -0.763. The van der Waals surface area contributed by atoms with Gasteiger partial charge in [0.15, 0.2) is 0 Å². The zero-order valence-corrected chi connectivity index (χ0v) is 27.1. The Morgan fingerprint density at radius 2 is 1.56 bits per heavy atom. The first-order valence-electron chi connectivity index (χ1n) is 14.6. The molecule has 1 aromatic heterocycles. The van der Waals surface area contributed by atoms with Crippen molar-refractivity contribution in [3.8, 4) is 34.0 Å². The highest BCUT2D eigenvalue weighted by Gasteiger charge is 2.27. The monoisotopic (exact) mass is 617 g/mol. The van der Waals surface area contributed by atoms with Gasteiger partial charge in [0.1, 0.15) is 23.6 Å². The number of halogens is 1. The summed E-state index contributed by atoms with van der Waals surface area (Å²) >= 11 is 0. The van der Waals surface area contributed by atoms with E-state index < -0.39 is 35.6 Å². The number of amides is 1. The predicted molar refractivity (Wildman–Crippen MR) is 169 cm³/mol. The topological polar surface area (TPSA) is 104 Å². The number of carbonyl (C=O) groups is 2. The molecule has 0 saturated heterocycles. The van der Waals surface area contributed by atoms with Crippen LogP contribution in [-0.2, 0) is 32.2 Å². The molecule has 4 aromatic rings. The Labute approximate surface area is 263 Å². The first-order chi connectivity index (χ1) is 21.1. The molecule has 1 amide bonds. The molecular weight excluding hydrogens is 577 g/mol. The maximum atomic E-state index is 15.4. The van der Waals surface area contributed by atoms with Crippen LogP contribution in [0.3, 0.4) is 0 Å². The van der Waals surface area contributed by atoms with Gasteiger partial charge in [-0.1, -0.05) is 47.6 Å². The number of nitrogens with zero attached hydrogens (tertiary/aromatic N) is 3. The van der Waals surface area contributed by atoms with Crippen LogP contribution in [0.4, 0.5) is 9.18 Å². The average molecular weight is 618 g/mol. The Balaban J connectivity index is 1.57. The quantitative estimate of drug-likeness (QED) is 0.176. The third kappa shape index (κ3) is 8.98. The molecule has 238 valence electrons. The van der Waals surface area contributed by atoms with E-state index in [9.17, 15) is 9.59 Å². The first kappa shape index (κ1) is 33.3. The summed E-state index contributed by atoms with van der Waals surface area (Å²) in [6, 6.07) is 18.4. The maximum Gasteiger partial charge on any atom is 0.411 e. The predicted octanol–water partition coefficient (Wildman–Crippen LogP) is 7.74. The van der Waals surface area contributed by atoms with Crippen molar-refractivity contribution < 1.29 is 32.7 Å². The molecule has 9 nitrogen and oxygen atoms in total. The maximum absolute atomic E-state index is 15.4. The van der Waals surface area contributed by atoms with Crippen LogP contribution >= 0.6 is 0 Å². The second-order valence-electron chi connectivity index (χ2n) is 12.8. The third-order valence-corrected chi connectivity index (χ3v) is 6.58. The van der Waals surface area contributed by atoms with Gasteiger partial charge in [-0.05, 0) is 88.9 Å². The molecule has 0 atom stereocenters. The lowest BCUT2D eigenvalue weighted by Crippen LogP contribution is -2.41. The van der Waals surface area contributed by atoms with Crippen molar-refractivity contribution in [3.05, 3.63) is 83.2 Å². The highest BCUT2D eigenvalue weighted by molar-refractivity contribution is 5.78. The van der Waals surface area contributed by atoms with Gasteiger partial charge in [0.25, 0.3) is 5.89 Å². The minimum Gasteiger partial charge on any atom is -0.459 e. The molecule has 0 fully saturated rings. The van der Waals surface area contributed by atoms with Crippen LogP contribution in [0.25, 0.3) is 34.0 Å². The molecule has 0 saturated carbocycles. The number of esters is 1. The van der Waals surface area contributed by atoms with Gasteiger partial charge < -0.3 is 18.7 Å². The van der Waals surface area contributed by atoms with E-state index in [1.807, 2.05) is 30.3 Å². The Morgan fingerprint density at radius 3 is 2.20 bits per heavy atom. The molecule has 3 aromatic carbocycles. The van der Waals surface area contributed by atoms with E-state index in [-0.39, 0.29) is 23.8 Å². The number of hydrogen-bond donors (Lipinski definition) is 0. The van der Waals surface area contributed by atoms with Gasteiger partial charge in [0, 0.05) is 23.8 Å². The van der Waals surface area contributed by atoms with E-state index in [2.05, 4.69) is 29.2 Å². The van der Waals surface area contributed by atoms with Crippen LogP contribution in [-0.4, -0.2) is 52.0 Å². The molecule has 0 aliphatic rings. The lowest BCUT2D eigenvalue weighted by molar-refractivity contribution is -0.156. The van der Waals surface area contributed by atoms with Gasteiger partial charge >= 0.3 is 12.1 Å². The van der Waals surface area contributed by atoms with Gasteiger partial charge in [0.05, 0.1) is 13.2 Å². The van der Waals surface area contributed by atoms with Crippen LogP contribution < -0.4 is 0 Å². The minimum absolute atomic E-state index is 0.174. The van der Waals surface area contributed by atoms with Gasteiger partial charge in [-0.3, -0.25) is 9.69 Å². The number of aromatic nitrogens is 2. The lowest BCUT2D eigenvalue weighted by Gasteiger charge is -2.28. The number of carbonyl (C=O) groups excluding carboxylic acids is 2. The average Bonchev–Trinajstić information content (AvgIpc) is 3.43. The zero-order chi connectivity index (χ0) is 32.9. The van der Waals surface area contributed by atoms with E-state index in [0.29, 0.717) is 17.7 Å². The summed E-state index contributed by atoms with van der Waals surface area (Å²) in [5, 5.41) is 4.08. The molecule has 10 heteroatoms. The van der Waals surface area contributed by atoms with Crippen LogP contribution in [0.5, 0.6) is 0 Å². The summed E-state index contributed by atoms with van der Waals surface area (Å²) in [4.78, 5) is 31.1. The van der Waals surface area contributed by atoms with E-state index in [1.165, 1.54) is 12.1 Å². The van der Waals surface area contributed by atoms with Gasteiger partial charge in [-0.2, -0.15) is 4.98 Å². The smallest absolute Gasteiger partial charge is 0.411 e. The fraction of sp³-hybridized carbons (Fsp3) is 0.371. The second-order valence-corrected chi connectivity index (χ2v) is 12.8. The number of rotatable bonds is 9. The first-order valence-corrected chi connectivity index (χ1v) is 14.6. The second kappa shape index (κ2) is 13.6. The van der Waals surface area contributed by atoms with E-state index in [4.69, 9.17) is 18.7 Å². The Bertz CT molecular complexity index is 1670. The molecule has 0 radical (unpaired) electrons. The van der Waals surface area contributed by atoms with Crippen molar-refractivity contribution in [2.24, 2.45) is 0 Å². The number of aryl methyl sites for hydroxylation is 1. The fourth-order valence-electron chi connectivity index (χ4n) is 4.66. The van der Waals surface area contributed by atoms with Crippen LogP contribution in [0, 0.1) is 12.7 Å². The van der Waals surface area contributed by atoms with Crippen molar-refractivity contribution in [2.75, 3.05) is 13.7 Å². The molecule has 0 unspecified atom stereocenters. The van der Waals surface area contributed by atoms with Crippen LogP contribution in [0.2, 0.25) is 0 Å². The summed E-state index contributed by atoms with van der Waals surface area (Å²) in [5.74, 6) is -0.770. The fourth-order valence-corrected chi connectivity index (χ4v) is 4.66. The van der Waals surface area contributed by atoms with Crippen molar-refractivity contribution in [3.63, 3.8) is 0 Å². The number of methoxy groups -OCH3 is 1. The Morgan fingerprint density at radius 1 is 0.867 bits per heavy atom. The highest BCUT2D eigenvalue weighted by atomic mass is 19.1. The van der Waals surface area contributed by atoms with E-state index in [0.717, 1.165) is 27.2 Å². The van der Waals surface area contributed by atoms with Crippen molar-refractivity contribution >= 4 is 12.1 Å². The number of hydrogen-bond acceptors (Lipinski definition) is 8. The minimum atomic E-state index is -0.812. The molecule has 0 bridgehead atoms. The highest BCUT2D eigenvalue weighted by Crippen LogP contribution is 2.32. The van der Waals surface area contributed by atoms with Crippen LogP contribution in [0.15, 0.2) is 65.2 Å². The Hall–Kier alpha value is -4.57. The molecule has 0 aliphatic carbocycles. The largest absolute Gasteiger partial charge is 0.459 e. The third-order valence-electron chi connectivity index (χ3n) is 6.58. The van der Waals surface area contributed by atoms with E-state index >= 15 is 4.39 Å². The van der Waals surface area contributed by atoms with Gasteiger partial charge in [-0.25, -0.2) is 9.18 Å². The molecule has 0 N–H and O–H groups in total. The summed E-state index contributed by atoms with van der Waals surface area (Å²) in [6.45, 7) is 12.1. The standard InChI is InChI=1S/C35H40FN3O6/c1-22-11-9-10-12-27(22)28-16-15-24(17-26(28)21-42-8)32-37-31(38-45-32)23-13-14-25(29(36)18-23)19-39(33(41)44-35(5,6)7)20-30(40)43-34(2,3)4/h9-18H,19-21H2,1-8H3. The normalized spacial score (nSPS) is 11.8. The molecule has 0 spiro atoms. The molecule has 45 heavy (non-hydrogen) atoms. The molecule has 1 heterocycles. The van der Waals surface area contributed by atoms with Gasteiger partial charge in [-0.15, -0.1) is 0 Å². The summed E-state index contributed by atoms with van der Waals surface area (Å²) in [5.41, 5.74) is 3.95. The summed E-state index contributed by atoms with van der Waals surface area (Å²) in [7, 11) is 1.64. The van der Waals surface area contributed by atoms with Crippen molar-refractivity contribution in [2.45, 2.75) is 72.8 Å². The van der Waals surface area contributed by atoms with E-state index in [1.54, 1.807) is 54.7 Å². The zero-order valence-electron chi connectivity index (χ0n) is 27.1. The number of ether oxygens (including phenoxy) is 3. The summed E-state index contributed by atoms with van der Waals surface area (Å²) < 4.78 is 37.3. The van der Waals surface area contributed by atoms with Crippen molar-refractivity contribution in [1.29, 1.82) is 0 Å². The molecule has 4 rings (SSSR count). The van der Waals surface area contributed by atoms with Gasteiger partial charge in [0.2, 0.25) is 5.82 Å². The lowest BCUT2D eigenvalue weighted by atomic mass is 9.94. The van der Waals surface area contributed by atoms with Crippen LogP contribution in [0.1, 0.15) is 58.2 Å². The SMILES string of the molecule is COCc1cc(-c2nc(-c3ccc(CN(CC(=O)OC(C)(C)C)C(=O)OC(C)(C)C)c(F)c3)no2)ccc1-c1ccccc1C. The molecule has 0 aliphatic heterocycles. The Kier molecular flexibility index (Phi) is 10.1. The molecular formula is C35H40FN3O6. The number of benzene rings is 3.